The number of anilines is 1. The van der Waals surface area contributed by atoms with E-state index in [-0.39, 0.29) is 29.2 Å². The van der Waals surface area contributed by atoms with Crippen LogP contribution >= 0.6 is 0 Å². The SMILES string of the molecule is CC(C)c1cc(-c2nc3nc(C(=O)O)nc(N[C@H](C)C4CCC4)c3n2C)ncc1F. The Kier molecular flexibility index (Phi) is 5.13. The minimum atomic E-state index is -1.22. The molecule has 2 N–H and O–H groups in total. The molecular formula is C21H25FN6O2. The quantitative estimate of drug-likeness (QED) is 0.630. The molecule has 9 heteroatoms. The summed E-state index contributed by atoms with van der Waals surface area (Å²) in [6.45, 7) is 5.89. The smallest absolute Gasteiger partial charge is 0.374 e. The monoisotopic (exact) mass is 412 g/mol. The van der Waals surface area contributed by atoms with Crippen LogP contribution in [0.25, 0.3) is 22.7 Å². The Morgan fingerprint density at radius 3 is 2.60 bits per heavy atom. The van der Waals surface area contributed by atoms with Gasteiger partial charge in [-0.1, -0.05) is 20.3 Å². The molecule has 0 bridgehead atoms. The number of carboxylic acid groups (broad SMARTS) is 1. The molecule has 0 aliphatic heterocycles. The summed E-state index contributed by atoms with van der Waals surface area (Å²) in [6.07, 6.45) is 4.68. The molecule has 1 aliphatic rings. The molecule has 1 atom stereocenters. The second-order valence-electron chi connectivity index (χ2n) is 8.24. The van der Waals surface area contributed by atoms with Crippen molar-refractivity contribution in [3.8, 4) is 11.5 Å². The van der Waals surface area contributed by atoms with Crippen LogP contribution in [0.3, 0.4) is 0 Å². The van der Waals surface area contributed by atoms with E-state index in [9.17, 15) is 14.3 Å². The molecule has 0 aromatic carbocycles. The van der Waals surface area contributed by atoms with Crippen LogP contribution in [-0.2, 0) is 7.05 Å². The molecule has 1 fully saturated rings. The average Bonchev–Trinajstić information content (AvgIpc) is 2.97. The summed E-state index contributed by atoms with van der Waals surface area (Å²) in [7, 11) is 1.80. The van der Waals surface area contributed by atoms with Crippen molar-refractivity contribution in [1.82, 2.24) is 24.5 Å². The minimum Gasteiger partial charge on any atom is -0.475 e. The number of halogens is 1. The van der Waals surface area contributed by atoms with Crippen molar-refractivity contribution >= 4 is 23.0 Å². The molecule has 0 saturated heterocycles. The summed E-state index contributed by atoms with van der Waals surface area (Å²) in [5.41, 5.74) is 1.90. The number of carboxylic acids is 1. The van der Waals surface area contributed by atoms with Crippen LogP contribution in [0.2, 0.25) is 0 Å². The molecule has 0 unspecified atom stereocenters. The van der Waals surface area contributed by atoms with Crippen molar-refractivity contribution in [3.05, 3.63) is 29.5 Å². The number of pyridine rings is 1. The predicted molar refractivity (Wildman–Crippen MR) is 111 cm³/mol. The summed E-state index contributed by atoms with van der Waals surface area (Å²) >= 11 is 0. The number of rotatable bonds is 6. The Balaban J connectivity index is 1.85. The lowest BCUT2D eigenvalue weighted by Crippen LogP contribution is -2.31. The molecule has 1 saturated carbocycles. The van der Waals surface area contributed by atoms with E-state index in [1.54, 1.807) is 17.7 Å². The molecule has 4 rings (SSSR count). The van der Waals surface area contributed by atoms with Gasteiger partial charge in [-0.05, 0) is 43.2 Å². The highest BCUT2D eigenvalue weighted by Gasteiger charge is 2.27. The van der Waals surface area contributed by atoms with E-state index in [1.165, 1.54) is 12.6 Å². The van der Waals surface area contributed by atoms with Gasteiger partial charge >= 0.3 is 5.97 Å². The second kappa shape index (κ2) is 7.62. The van der Waals surface area contributed by atoms with Gasteiger partial charge in [0.1, 0.15) is 17.0 Å². The molecule has 3 heterocycles. The van der Waals surface area contributed by atoms with Gasteiger partial charge in [-0.3, -0.25) is 0 Å². The highest BCUT2D eigenvalue weighted by molar-refractivity contribution is 5.92. The first kappa shape index (κ1) is 20.2. The lowest BCUT2D eigenvalue weighted by molar-refractivity contribution is 0.0684. The first-order chi connectivity index (χ1) is 14.3. The van der Waals surface area contributed by atoms with E-state index < -0.39 is 5.97 Å². The average molecular weight is 412 g/mol. The lowest BCUT2D eigenvalue weighted by atomic mass is 9.80. The van der Waals surface area contributed by atoms with Crippen LogP contribution in [-0.4, -0.2) is 41.6 Å². The number of hydrogen-bond donors (Lipinski definition) is 2. The maximum Gasteiger partial charge on any atom is 0.374 e. The van der Waals surface area contributed by atoms with Crippen molar-refractivity contribution in [2.45, 2.75) is 52.0 Å². The fourth-order valence-corrected chi connectivity index (χ4v) is 3.83. The third-order valence-corrected chi connectivity index (χ3v) is 5.88. The molecule has 1 aliphatic carbocycles. The van der Waals surface area contributed by atoms with Crippen LogP contribution in [0.15, 0.2) is 12.3 Å². The van der Waals surface area contributed by atoms with Crippen LogP contribution < -0.4 is 5.32 Å². The fourth-order valence-electron chi connectivity index (χ4n) is 3.83. The van der Waals surface area contributed by atoms with Crippen molar-refractivity contribution in [3.63, 3.8) is 0 Å². The Morgan fingerprint density at radius 2 is 2.00 bits per heavy atom. The number of aromatic nitrogens is 5. The largest absolute Gasteiger partial charge is 0.475 e. The van der Waals surface area contributed by atoms with Gasteiger partial charge in [-0.2, -0.15) is 0 Å². The molecule has 30 heavy (non-hydrogen) atoms. The van der Waals surface area contributed by atoms with Gasteiger partial charge < -0.3 is 15.0 Å². The lowest BCUT2D eigenvalue weighted by Gasteiger charge is -2.32. The molecule has 0 amide bonds. The van der Waals surface area contributed by atoms with Crippen LogP contribution in [0.5, 0.6) is 0 Å². The van der Waals surface area contributed by atoms with E-state index in [1.807, 2.05) is 13.8 Å². The van der Waals surface area contributed by atoms with Crippen LogP contribution in [0.1, 0.15) is 62.1 Å². The third kappa shape index (κ3) is 3.48. The predicted octanol–water partition coefficient (Wildman–Crippen LogP) is 3.99. The fraction of sp³-hybridized carbons (Fsp3) is 0.476. The molecule has 158 valence electrons. The Labute approximate surface area is 173 Å². The number of nitrogens with zero attached hydrogens (tertiary/aromatic N) is 5. The van der Waals surface area contributed by atoms with E-state index in [0.717, 1.165) is 12.8 Å². The summed E-state index contributed by atoms with van der Waals surface area (Å²) in [6, 6.07) is 1.82. The Bertz CT molecular complexity index is 1120. The number of hydrogen-bond acceptors (Lipinski definition) is 6. The van der Waals surface area contributed by atoms with E-state index in [4.69, 9.17) is 0 Å². The number of fused-ring (bicyclic) bond motifs is 1. The van der Waals surface area contributed by atoms with Crippen LogP contribution in [0, 0.1) is 11.7 Å². The van der Waals surface area contributed by atoms with Crippen molar-refractivity contribution in [2.75, 3.05) is 5.32 Å². The molecule has 0 spiro atoms. The van der Waals surface area contributed by atoms with Gasteiger partial charge in [-0.25, -0.2) is 29.1 Å². The first-order valence-corrected chi connectivity index (χ1v) is 10.2. The summed E-state index contributed by atoms with van der Waals surface area (Å²) < 4.78 is 15.9. The number of nitrogens with one attached hydrogen (secondary N) is 1. The van der Waals surface area contributed by atoms with Crippen molar-refractivity contribution in [2.24, 2.45) is 13.0 Å². The van der Waals surface area contributed by atoms with Crippen LogP contribution in [0.4, 0.5) is 10.2 Å². The van der Waals surface area contributed by atoms with Crippen molar-refractivity contribution in [1.29, 1.82) is 0 Å². The molecule has 3 aromatic heterocycles. The van der Waals surface area contributed by atoms with Crippen molar-refractivity contribution < 1.29 is 14.3 Å². The molecular weight excluding hydrogens is 387 g/mol. The van der Waals surface area contributed by atoms with Gasteiger partial charge in [-0.15, -0.1) is 0 Å². The Hall–Kier alpha value is -3.10. The molecule has 3 aromatic rings. The van der Waals surface area contributed by atoms with E-state index in [2.05, 4.69) is 32.2 Å². The molecule has 0 radical (unpaired) electrons. The van der Waals surface area contributed by atoms with Gasteiger partial charge in [0.15, 0.2) is 17.3 Å². The highest BCUT2D eigenvalue weighted by atomic mass is 19.1. The minimum absolute atomic E-state index is 0.0135. The molecule has 8 nitrogen and oxygen atoms in total. The first-order valence-electron chi connectivity index (χ1n) is 10.2. The van der Waals surface area contributed by atoms with Gasteiger partial charge in [0.05, 0.1) is 6.20 Å². The maximum absolute atomic E-state index is 14.1. The van der Waals surface area contributed by atoms with Gasteiger partial charge in [0.25, 0.3) is 0 Å². The number of aryl methyl sites for hydroxylation is 1. The van der Waals surface area contributed by atoms with E-state index >= 15 is 0 Å². The summed E-state index contributed by atoms with van der Waals surface area (Å²) in [4.78, 5) is 28.7. The number of imidazole rings is 1. The zero-order valence-electron chi connectivity index (χ0n) is 17.5. The summed E-state index contributed by atoms with van der Waals surface area (Å²) in [5.74, 6) is -0.468. The second-order valence-corrected chi connectivity index (χ2v) is 8.24. The Morgan fingerprint density at radius 1 is 1.27 bits per heavy atom. The normalized spacial score (nSPS) is 15.4. The maximum atomic E-state index is 14.1. The summed E-state index contributed by atoms with van der Waals surface area (Å²) in [5, 5.41) is 12.8. The standard InChI is InChI=1S/C21H25FN6O2/c1-10(2)13-8-15(23-9-14(13)22)20-27-18-16(28(20)4)17(25-19(26-18)21(29)30)24-11(3)12-6-5-7-12/h8-12H,5-7H2,1-4H3,(H,29,30)(H,24,25,26)/t11-/m1/s1. The van der Waals surface area contributed by atoms with Gasteiger partial charge in [0.2, 0.25) is 5.82 Å². The number of aromatic carboxylic acids is 1. The highest BCUT2D eigenvalue weighted by Crippen LogP contribution is 2.33. The third-order valence-electron chi connectivity index (χ3n) is 5.88. The zero-order chi connectivity index (χ0) is 21.6. The number of carbonyl (C=O) groups is 1. The van der Waals surface area contributed by atoms with E-state index in [0.29, 0.717) is 34.3 Å². The van der Waals surface area contributed by atoms with Gasteiger partial charge in [0, 0.05) is 13.1 Å². The topological polar surface area (TPSA) is 106 Å². The zero-order valence-corrected chi connectivity index (χ0v) is 17.5.